The molecule has 26 heteroatoms. The maximum atomic E-state index is 15.4. The van der Waals surface area contributed by atoms with Crippen LogP contribution in [0, 0.1) is 120 Å². The Morgan fingerprint density at radius 1 is 0.319 bits per heavy atom. The zero-order valence-corrected chi connectivity index (χ0v) is 36.4. The maximum Gasteiger partial charge on any atom is 0.296 e. The Balaban J connectivity index is 0.000000311. The minimum absolute atomic E-state index is 0.530. The third-order valence-electron chi connectivity index (χ3n) is 10.0. The largest absolute Gasteiger partial charge is 0.491 e. The first kappa shape index (κ1) is 54.3. The van der Waals surface area contributed by atoms with Crippen LogP contribution in [0.5, 0.6) is 5.75 Å². The van der Waals surface area contributed by atoms with Gasteiger partial charge in [-0.05, 0) is 47.5 Å². The molecule has 0 amide bonds. The molecule has 0 heterocycles. The molecule has 0 spiro atoms. The Kier molecular flexibility index (Phi) is 17.7. The Morgan fingerprint density at radius 2 is 0.551 bits per heavy atom. The Bertz CT molecular complexity index is 2490. The fraction of sp³-hybridized carbons (Fsp3) is 0.163. The number of methoxy groups -OCH3 is 1. The van der Waals surface area contributed by atoms with Crippen molar-refractivity contribution < 1.29 is 129 Å². The number of hydrogen-bond donors (Lipinski definition) is 0. The molecular formula is C43H24BF20IO4. The van der Waals surface area contributed by atoms with Crippen molar-refractivity contribution in [2.24, 2.45) is 0 Å². The van der Waals surface area contributed by atoms with E-state index < -0.39 is 144 Å². The molecule has 0 aliphatic rings. The van der Waals surface area contributed by atoms with Crippen molar-refractivity contribution >= 4 is 28.0 Å². The van der Waals surface area contributed by atoms with Crippen molar-refractivity contribution in [3.05, 3.63) is 168 Å². The van der Waals surface area contributed by atoms with Crippen molar-refractivity contribution in [3.63, 3.8) is 0 Å². The molecule has 370 valence electrons. The molecule has 0 aliphatic heterocycles. The number of rotatable bonds is 15. The number of hydrogen-bond acceptors (Lipinski definition) is 4. The van der Waals surface area contributed by atoms with Gasteiger partial charge in [0.05, 0.1) is 33.0 Å². The average Bonchev–Trinajstić information content (AvgIpc) is 3.34. The fourth-order valence-electron chi connectivity index (χ4n) is 6.95. The fourth-order valence-corrected chi connectivity index (χ4v) is 7.34. The van der Waals surface area contributed by atoms with Gasteiger partial charge in [0.1, 0.15) is 65.0 Å². The smallest absolute Gasteiger partial charge is 0.296 e. The third-order valence-corrected chi connectivity index (χ3v) is 10.8. The normalized spacial score (nSPS) is 11.6. The van der Waals surface area contributed by atoms with Gasteiger partial charge in [0, 0.05) is 7.11 Å². The van der Waals surface area contributed by atoms with E-state index in [9.17, 15) is 52.7 Å². The highest BCUT2D eigenvalue weighted by Gasteiger charge is 2.52. The van der Waals surface area contributed by atoms with Crippen LogP contribution in [0.1, 0.15) is 0 Å². The summed E-state index contributed by atoms with van der Waals surface area (Å²) in [6, 6.07) is 16.7. The predicted molar refractivity (Wildman–Crippen MR) is 200 cm³/mol. The van der Waals surface area contributed by atoms with E-state index in [1.54, 1.807) is 7.11 Å². The molecule has 0 fully saturated rings. The molecular weight excluding hydrogens is 1100 g/mol. The lowest BCUT2D eigenvalue weighted by molar-refractivity contribution is -0.328. The quantitative estimate of drug-likeness (QED) is 0.0330. The predicted octanol–water partition coefficient (Wildman–Crippen LogP) is 5.71. The number of ether oxygens (including phenoxy) is 4. The maximum absolute atomic E-state index is 15.4. The summed E-state index contributed by atoms with van der Waals surface area (Å²) in [5.74, 6) is -70.6. The van der Waals surface area contributed by atoms with Crippen LogP contribution in [0.15, 0.2) is 48.5 Å². The van der Waals surface area contributed by atoms with Crippen LogP contribution in [0.4, 0.5) is 87.8 Å². The first-order valence-corrected chi connectivity index (χ1v) is 20.0. The summed E-state index contributed by atoms with van der Waals surface area (Å²) in [4.78, 5) is 0. The van der Waals surface area contributed by atoms with Gasteiger partial charge in [0.15, 0.2) is 73.4 Å². The average molecular weight is 1120 g/mol. The van der Waals surface area contributed by atoms with Crippen molar-refractivity contribution in [3.8, 4) is 16.9 Å². The van der Waals surface area contributed by atoms with E-state index in [1.165, 1.54) is 14.7 Å². The van der Waals surface area contributed by atoms with Crippen LogP contribution >= 0.6 is 0 Å². The zero-order valence-electron chi connectivity index (χ0n) is 34.0. The zero-order chi connectivity index (χ0) is 51.4. The van der Waals surface area contributed by atoms with Gasteiger partial charge >= 0.3 is 0 Å². The topological polar surface area (TPSA) is 36.9 Å². The number of benzene rings is 6. The Morgan fingerprint density at radius 3 is 0.826 bits per heavy atom. The number of halogens is 21. The van der Waals surface area contributed by atoms with Crippen LogP contribution in [0.2, 0.25) is 0 Å². The van der Waals surface area contributed by atoms with Gasteiger partial charge in [-0.3, -0.25) is 0 Å². The van der Waals surface area contributed by atoms with E-state index >= 15 is 35.1 Å². The minimum Gasteiger partial charge on any atom is -0.491 e. The molecule has 0 unspecified atom stereocenters. The van der Waals surface area contributed by atoms with E-state index in [0.29, 0.717) is 39.6 Å². The molecule has 0 radical (unpaired) electrons. The summed E-state index contributed by atoms with van der Waals surface area (Å²) < 4.78 is 317. The summed E-state index contributed by atoms with van der Waals surface area (Å²) >= 11 is 2.02. The van der Waals surface area contributed by atoms with Crippen molar-refractivity contribution in [1.82, 2.24) is 0 Å². The van der Waals surface area contributed by atoms with Crippen molar-refractivity contribution in [1.29, 1.82) is 0 Å². The summed E-state index contributed by atoms with van der Waals surface area (Å²) in [7, 11) is 1.66. The minimum atomic E-state index is -7.22. The molecule has 0 saturated heterocycles. The van der Waals surface area contributed by atoms with Gasteiger partial charge in [-0.2, -0.15) is 0 Å². The summed E-state index contributed by atoms with van der Waals surface area (Å²) in [5.41, 5.74) is -11.9. The third kappa shape index (κ3) is 10.2. The molecule has 4 nitrogen and oxygen atoms in total. The van der Waals surface area contributed by atoms with Crippen LogP contribution in [-0.4, -0.2) is 52.9 Å². The molecule has 69 heavy (non-hydrogen) atoms. The van der Waals surface area contributed by atoms with Gasteiger partial charge in [-0.15, -0.1) is 21.9 Å². The second kappa shape index (κ2) is 22.4. The highest BCUT2D eigenvalue weighted by atomic mass is 127. The monoisotopic (exact) mass is 1120 g/mol. The lowest BCUT2D eigenvalue weighted by atomic mass is 9.12. The highest BCUT2D eigenvalue weighted by molar-refractivity contribution is 7.20. The first-order valence-electron chi connectivity index (χ1n) is 18.9. The standard InChI is InChI=1S/C24BF20.C19H24IO4/c26-5-1(6(27)14(35)21(42)13(5)34)25(2-7(28)15(36)22(43)16(37)8(2)29,3-9(30)17(38)23(44)18(39)10(3)31)4-11(32)19(40)24(45)20(41)12(4)33;1-21-10-11-22-12-13-23-14-15-24-19-8-4-17(5-9-19)16-2-6-18(20)7-3-16/h;2-9,20H,10-15H2,1H3/q-1;+1. The second-order valence-corrected chi connectivity index (χ2v) is 15.3. The molecule has 0 bridgehead atoms. The van der Waals surface area contributed by atoms with Crippen LogP contribution < -0.4 is 49.2 Å². The van der Waals surface area contributed by atoms with Crippen LogP contribution in [0.3, 0.4) is 0 Å². The lowest BCUT2D eigenvalue weighted by Crippen LogP contribution is -3.34. The molecule has 0 aromatic heterocycles. The van der Waals surface area contributed by atoms with E-state index in [0.717, 1.165) is 5.75 Å². The van der Waals surface area contributed by atoms with Crippen molar-refractivity contribution in [2.75, 3.05) is 46.8 Å². The van der Waals surface area contributed by atoms with Gasteiger partial charge < -0.3 is 18.9 Å². The second-order valence-electron chi connectivity index (χ2n) is 13.9. The molecule has 6 aromatic rings. The van der Waals surface area contributed by atoms with Crippen LogP contribution in [-0.2, 0) is 14.2 Å². The van der Waals surface area contributed by atoms with Gasteiger partial charge in [0.2, 0.25) is 0 Å². The molecule has 6 rings (SSSR count). The SMILES string of the molecule is COCCOCCOCCOc1ccc(-c2ccc([IH+])cc2)cc1.Fc1c(F)c(F)c([B-](c2c(F)c(F)c(F)c(F)c2F)(c2c(F)c(F)c(F)c(F)c2F)c2c(F)c(F)c(F)c(F)c2F)c(F)c1F. The van der Waals surface area contributed by atoms with Gasteiger partial charge in [-0.1, -0.05) is 12.1 Å². The molecule has 0 aliphatic carbocycles. The van der Waals surface area contributed by atoms with Gasteiger partial charge in [0.25, 0.3) is 22.6 Å². The van der Waals surface area contributed by atoms with E-state index in [2.05, 4.69) is 36.4 Å². The van der Waals surface area contributed by atoms with E-state index in [-0.39, 0.29) is 0 Å². The molecule has 0 atom stereocenters. The lowest BCUT2D eigenvalue weighted by Gasteiger charge is -2.44. The summed E-state index contributed by atoms with van der Waals surface area (Å²) in [6.45, 7) is 3.44. The Labute approximate surface area is 388 Å². The summed E-state index contributed by atoms with van der Waals surface area (Å²) in [6.07, 6.45) is -7.22. The molecule has 0 saturated carbocycles. The molecule has 0 N–H and O–H groups in total. The van der Waals surface area contributed by atoms with Crippen molar-refractivity contribution in [2.45, 2.75) is 0 Å². The first-order chi connectivity index (χ1) is 32.5. The summed E-state index contributed by atoms with van der Waals surface area (Å²) in [5, 5.41) is 0. The van der Waals surface area contributed by atoms with E-state index in [4.69, 9.17) is 18.9 Å². The van der Waals surface area contributed by atoms with E-state index in [1.807, 2.05) is 34.7 Å². The highest BCUT2D eigenvalue weighted by Crippen LogP contribution is 2.31. The van der Waals surface area contributed by atoms with Gasteiger partial charge in [-0.25, -0.2) is 87.8 Å². The van der Waals surface area contributed by atoms with Crippen LogP contribution in [0.25, 0.3) is 11.1 Å². The Hall–Kier alpha value is -5.61. The molecule has 6 aromatic carbocycles.